The molecule has 0 spiro atoms. The number of aliphatic hydroxyl groups is 1. The number of carbonyl (C=O) groups excluding carboxylic acids is 5. The number of hydrogen-bond acceptors (Lipinski definition) is 11. The summed E-state index contributed by atoms with van der Waals surface area (Å²) in [5.74, 6) is -3.53. The monoisotopic (exact) mass is 851 g/mol. The van der Waals surface area contributed by atoms with E-state index in [0.29, 0.717) is 39.3 Å². The van der Waals surface area contributed by atoms with Gasteiger partial charge in [0.25, 0.3) is 0 Å². The number of carbonyl (C=O) groups is 5. The molecule has 62 heavy (non-hydrogen) atoms. The molecule has 1 aliphatic rings. The molecule has 0 fully saturated rings. The molecule has 4 unspecified atom stereocenters. The van der Waals surface area contributed by atoms with Gasteiger partial charge in [0.15, 0.2) is 17.3 Å². The minimum atomic E-state index is -1.26. The highest BCUT2D eigenvalue weighted by molar-refractivity contribution is 6.01. The lowest BCUT2D eigenvalue weighted by Gasteiger charge is -2.32. The van der Waals surface area contributed by atoms with Gasteiger partial charge in [0.2, 0.25) is 11.8 Å². The Morgan fingerprint density at radius 1 is 0.919 bits per heavy atom. The quantitative estimate of drug-likeness (QED) is 0.0666. The number of rotatable bonds is 22. The maximum absolute atomic E-state index is 14.6. The maximum Gasteiger partial charge on any atom is 0.229 e. The van der Waals surface area contributed by atoms with Crippen molar-refractivity contribution < 1.29 is 38.6 Å². The topological polar surface area (TPSA) is 215 Å². The van der Waals surface area contributed by atoms with Gasteiger partial charge in [0, 0.05) is 68.4 Å². The van der Waals surface area contributed by atoms with Crippen molar-refractivity contribution in [3.63, 3.8) is 0 Å². The summed E-state index contributed by atoms with van der Waals surface area (Å²) in [6.45, 7) is 5.78. The number of nitriles is 1. The average molecular weight is 852 g/mol. The number of Topliss-reactive ketones (excluding diaryl/α,β-unsaturated/α-hetero) is 3. The number of ether oxygens (including phenoxy) is 2. The third-order valence-corrected chi connectivity index (χ3v) is 11.4. The van der Waals surface area contributed by atoms with Crippen LogP contribution in [0, 0.1) is 30.1 Å². The fourth-order valence-electron chi connectivity index (χ4n) is 7.99. The molecule has 0 aliphatic carbocycles. The van der Waals surface area contributed by atoms with Crippen molar-refractivity contribution in [2.45, 2.75) is 110 Å². The van der Waals surface area contributed by atoms with Crippen LogP contribution in [-0.4, -0.2) is 85.2 Å². The molecule has 6 N–H and O–H groups in total. The Balaban J connectivity index is 1.74. The molecule has 4 atom stereocenters. The van der Waals surface area contributed by atoms with Gasteiger partial charge in [0.1, 0.15) is 30.8 Å². The number of hydrogen-bond donors (Lipinski definition) is 4. The Hall–Kier alpha value is -5.42. The molecule has 4 rings (SSSR count). The Labute approximate surface area is 366 Å². The van der Waals surface area contributed by atoms with E-state index >= 15 is 0 Å². The van der Waals surface area contributed by atoms with E-state index in [1.807, 2.05) is 31.2 Å². The fraction of sp³-hybridized carbons (Fsp3) is 0.510. The van der Waals surface area contributed by atoms with Crippen LogP contribution < -0.4 is 26.3 Å². The highest BCUT2D eigenvalue weighted by Gasteiger charge is 2.36. The molecule has 0 aromatic heterocycles. The van der Waals surface area contributed by atoms with Gasteiger partial charge in [-0.3, -0.25) is 24.0 Å². The summed E-state index contributed by atoms with van der Waals surface area (Å²) in [5, 5.41) is 22.6. The Kier molecular flexibility index (Phi) is 19.8. The van der Waals surface area contributed by atoms with Crippen LogP contribution in [0.25, 0.3) is 11.1 Å². The van der Waals surface area contributed by atoms with Crippen molar-refractivity contribution in [2.75, 3.05) is 40.0 Å². The predicted octanol–water partition coefficient (Wildman–Crippen LogP) is 6.13. The first-order chi connectivity index (χ1) is 29.9. The molecule has 1 aliphatic heterocycles. The predicted molar refractivity (Wildman–Crippen MR) is 239 cm³/mol. The summed E-state index contributed by atoms with van der Waals surface area (Å²) in [5.41, 5.74) is 16.2. The second kappa shape index (κ2) is 24.9. The van der Waals surface area contributed by atoms with Gasteiger partial charge in [-0.15, -0.1) is 0 Å². The summed E-state index contributed by atoms with van der Waals surface area (Å²) in [7, 11) is 1.45. The lowest BCUT2D eigenvalue weighted by atomic mass is 9.88. The van der Waals surface area contributed by atoms with Gasteiger partial charge in [-0.1, -0.05) is 76.3 Å². The number of benzene rings is 3. The zero-order valence-corrected chi connectivity index (χ0v) is 36.9. The highest BCUT2D eigenvalue weighted by atomic mass is 16.5. The first kappa shape index (κ1) is 49.2. The highest BCUT2D eigenvalue weighted by Crippen LogP contribution is 2.41. The van der Waals surface area contributed by atoms with E-state index in [2.05, 4.69) is 12.2 Å². The molecule has 3 aromatic carbocycles. The minimum Gasteiger partial charge on any atom is -0.492 e. The van der Waals surface area contributed by atoms with Crippen LogP contribution in [0.3, 0.4) is 0 Å². The number of aliphatic hydroxyl groups excluding tert-OH is 1. The van der Waals surface area contributed by atoms with Gasteiger partial charge in [-0.05, 0) is 72.7 Å². The molecule has 0 saturated carbocycles. The number of fused-ring (bicyclic) bond motifs is 5. The normalized spacial score (nSPS) is 17.0. The van der Waals surface area contributed by atoms with E-state index < -0.39 is 48.1 Å². The molecule has 13 heteroatoms. The van der Waals surface area contributed by atoms with Crippen molar-refractivity contribution in [3.05, 3.63) is 82.4 Å². The number of nitrogens with one attached hydrogen (secondary N) is 1. The smallest absolute Gasteiger partial charge is 0.229 e. The number of unbranched alkanes of at least 4 members (excludes halogenated alkanes) is 5. The van der Waals surface area contributed by atoms with E-state index in [1.54, 1.807) is 43.3 Å². The molecule has 4 bridgehead atoms. The second-order valence-electron chi connectivity index (χ2n) is 16.3. The average Bonchev–Trinajstić information content (AvgIpc) is 3.26. The number of amides is 2. The summed E-state index contributed by atoms with van der Waals surface area (Å²) < 4.78 is 12.2. The van der Waals surface area contributed by atoms with Crippen LogP contribution >= 0.6 is 0 Å². The van der Waals surface area contributed by atoms with Gasteiger partial charge < -0.3 is 36.3 Å². The van der Waals surface area contributed by atoms with Crippen molar-refractivity contribution in [1.29, 1.82) is 5.26 Å². The Morgan fingerprint density at radius 2 is 1.58 bits per heavy atom. The third kappa shape index (κ3) is 13.5. The largest absolute Gasteiger partial charge is 0.492 e. The zero-order chi connectivity index (χ0) is 45.2. The fourth-order valence-corrected chi connectivity index (χ4v) is 7.99. The molecule has 13 nitrogen and oxygen atoms in total. The third-order valence-electron chi connectivity index (χ3n) is 11.4. The van der Waals surface area contributed by atoms with E-state index in [0.717, 1.165) is 30.4 Å². The Morgan fingerprint density at radius 3 is 2.23 bits per heavy atom. The first-order valence-electron chi connectivity index (χ1n) is 22.0. The van der Waals surface area contributed by atoms with Gasteiger partial charge >= 0.3 is 0 Å². The van der Waals surface area contributed by atoms with Crippen LogP contribution in [0.15, 0.2) is 54.6 Å². The summed E-state index contributed by atoms with van der Waals surface area (Å²) in [4.78, 5) is 71.2. The standard InChI is InChI=1S/C49H65N5O8/c1-5-6-7-8-9-10-12-34-14-17-38(32(2)25-34)43(57)30-37(31-55)49(60)54(4)47-36-16-19-46(62-24-22-52)40(29-36)39-27-35(15-18-45(39)61-23-21-51)28-41(42(56)13-11-20-50)53-48(59)33(3)26-44(47)58/h14-19,25,27,29,33,37,41,47,55H,5-13,21-24,26,28,30-31,51-52H2,1-4H3,(H,53,59). The minimum absolute atomic E-state index is 0.0291. The lowest BCUT2D eigenvalue weighted by molar-refractivity contribution is -0.143. The summed E-state index contributed by atoms with van der Waals surface area (Å²) >= 11 is 0. The number of aryl methyl sites for hydroxylation is 2. The SMILES string of the molecule is CCCCCCCCc1ccc(C(=O)CC(CO)C(=O)N(C)C2C(=O)CC(C)C(=O)NC(C(=O)CCC#N)Cc3ccc(OCCN)c(c3)-c3cc2ccc3OCCN)c(C)c1. The molecule has 0 saturated heterocycles. The number of nitrogens with zero attached hydrogens (tertiary/aromatic N) is 2. The number of ketones is 3. The summed E-state index contributed by atoms with van der Waals surface area (Å²) in [6.07, 6.45) is 7.42. The molecule has 0 radical (unpaired) electrons. The van der Waals surface area contributed by atoms with E-state index in [9.17, 15) is 34.3 Å². The molecule has 2 amide bonds. The van der Waals surface area contributed by atoms with Gasteiger partial charge in [0.05, 0.1) is 24.6 Å². The van der Waals surface area contributed by atoms with Crippen molar-refractivity contribution in [3.8, 4) is 28.7 Å². The molecular formula is C49H65N5O8. The second-order valence-corrected chi connectivity index (χ2v) is 16.3. The van der Waals surface area contributed by atoms with Gasteiger partial charge in [-0.25, -0.2) is 0 Å². The van der Waals surface area contributed by atoms with Gasteiger partial charge in [-0.2, -0.15) is 5.26 Å². The summed E-state index contributed by atoms with van der Waals surface area (Å²) in [6, 6.07) is 15.9. The van der Waals surface area contributed by atoms with E-state index in [4.69, 9.17) is 20.9 Å². The Bertz CT molecular complexity index is 2060. The zero-order valence-electron chi connectivity index (χ0n) is 36.9. The number of likely N-dealkylation sites (N-methyl/N-ethyl adjacent to an activating group) is 1. The van der Waals surface area contributed by atoms with Crippen LogP contribution in [-0.2, 0) is 32.0 Å². The van der Waals surface area contributed by atoms with Crippen molar-refractivity contribution >= 4 is 29.2 Å². The lowest BCUT2D eigenvalue weighted by Crippen LogP contribution is -2.46. The molecule has 334 valence electrons. The van der Waals surface area contributed by atoms with E-state index in [-0.39, 0.29) is 70.0 Å². The van der Waals surface area contributed by atoms with E-state index in [1.165, 1.54) is 37.6 Å². The van der Waals surface area contributed by atoms with Crippen molar-refractivity contribution in [2.24, 2.45) is 23.3 Å². The van der Waals surface area contributed by atoms with Crippen molar-refractivity contribution in [1.82, 2.24) is 10.2 Å². The van der Waals surface area contributed by atoms with Crippen LogP contribution in [0.5, 0.6) is 11.5 Å². The van der Waals surface area contributed by atoms with Crippen LogP contribution in [0.2, 0.25) is 0 Å². The first-order valence-corrected chi connectivity index (χ1v) is 22.0. The van der Waals surface area contributed by atoms with Crippen LogP contribution in [0.4, 0.5) is 0 Å². The molecule has 1 heterocycles. The van der Waals surface area contributed by atoms with Crippen LogP contribution in [0.1, 0.15) is 117 Å². The molecule has 3 aromatic rings. The maximum atomic E-state index is 14.6. The molecular weight excluding hydrogens is 787 g/mol. The number of nitrogens with two attached hydrogens (primary N) is 2.